The Labute approximate surface area is 117 Å². The van der Waals surface area contributed by atoms with Gasteiger partial charge in [-0.2, -0.15) is 0 Å². The Bertz CT molecular complexity index is 458. The van der Waals surface area contributed by atoms with Gasteiger partial charge < -0.3 is 5.32 Å². The van der Waals surface area contributed by atoms with Gasteiger partial charge in [0.1, 0.15) is 0 Å². The monoisotopic (exact) mass is 281 g/mol. The average molecular weight is 281 g/mol. The molecule has 1 aliphatic rings. The molecule has 2 rings (SSSR count). The smallest absolute Gasteiger partial charge is 0.228 e. The largest absolute Gasteiger partial charge is 0.356 e. The molecular formula is C13H19N3O2S. The van der Waals surface area contributed by atoms with Crippen LogP contribution in [0.2, 0.25) is 0 Å². The molecule has 2 amide bonds. The van der Waals surface area contributed by atoms with Gasteiger partial charge >= 0.3 is 0 Å². The summed E-state index contributed by atoms with van der Waals surface area (Å²) in [5.74, 6) is 0.131. The van der Waals surface area contributed by atoms with E-state index in [-0.39, 0.29) is 11.8 Å². The summed E-state index contributed by atoms with van der Waals surface area (Å²) in [5, 5.41) is 5.45. The number of aromatic nitrogens is 1. The van der Waals surface area contributed by atoms with Crippen LogP contribution in [0.15, 0.2) is 5.38 Å². The van der Waals surface area contributed by atoms with Gasteiger partial charge in [0.05, 0.1) is 12.1 Å². The Morgan fingerprint density at radius 3 is 3.11 bits per heavy atom. The second-order valence-corrected chi connectivity index (χ2v) is 5.49. The molecule has 0 aromatic carbocycles. The Morgan fingerprint density at radius 2 is 2.42 bits per heavy atom. The summed E-state index contributed by atoms with van der Waals surface area (Å²) in [4.78, 5) is 29.3. The number of hydrogen-bond acceptors (Lipinski definition) is 4. The lowest BCUT2D eigenvalue weighted by Gasteiger charge is -2.10. The summed E-state index contributed by atoms with van der Waals surface area (Å²) in [6.07, 6.45) is 3.86. The molecule has 1 aliphatic heterocycles. The molecule has 0 saturated carbocycles. The van der Waals surface area contributed by atoms with Crippen molar-refractivity contribution in [2.24, 2.45) is 0 Å². The molecule has 1 aromatic heterocycles. The zero-order chi connectivity index (χ0) is 13.7. The van der Waals surface area contributed by atoms with Crippen LogP contribution in [-0.2, 0) is 16.0 Å². The van der Waals surface area contributed by atoms with Gasteiger partial charge in [0.15, 0.2) is 5.13 Å². The zero-order valence-electron chi connectivity index (χ0n) is 11.1. The number of anilines is 1. The van der Waals surface area contributed by atoms with E-state index in [0.29, 0.717) is 12.8 Å². The van der Waals surface area contributed by atoms with Crippen molar-refractivity contribution in [2.45, 2.75) is 39.0 Å². The molecule has 0 atom stereocenters. The van der Waals surface area contributed by atoms with Crippen molar-refractivity contribution in [1.29, 1.82) is 0 Å². The molecule has 0 bridgehead atoms. The molecule has 1 fully saturated rings. The summed E-state index contributed by atoms with van der Waals surface area (Å²) in [6.45, 7) is 3.55. The van der Waals surface area contributed by atoms with Crippen molar-refractivity contribution in [3.05, 3.63) is 11.1 Å². The SMILES string of the molecule is CCCCNC(=O)Cc1csc(N2CCCC2=O)n1. The van der Waals surface area contributed by atoms with Gasteiger partial charge in [-0.05, 0) is 12.8 Å². The van der Waals surface area contributed by atoms with E-state index < -0.39 is 0 Å². The molecule has 0 aliphatic carbocycles. The molecule has 1 N–H and O–H groups in total. The van der Waals surface area contributed by atoms with Gasteiger partial charge in [0, 0.05) is 24.9 Å². The lowest BCUT2D eigenvalue weighted by Crippen LogP contribution is -2.26. The number of carbonyl (C=O) groups excluding carboxylic acids is 2. The van der Waals surface area contributed by atoms with Crippen LogP contribution in [-0.4, -0.2) is 29.9 Å². The Morgan fingerprint density at radius 1 is 1.58 bits per heavy atom. The van der Waals surface area contributed by atoms with E-state index in [9.17, 15) is 9.59 Å². The molecular weight excluding hydrogens is 262 g/mol. The molecule has 1 aromatic rings. The Balaban J connectivity index is 1.87. The highest BCUT2D eigenvalue weighted by molar-refractivity contribution is 7.14. The minimum Gasteiger partial charge on any atom is -0.356 e. The van der Waals surface area contributed by atoms with Gasteiger partial charge in [0.25, 0.3) is 0 Å². The highest BCUT2D eigenvalue weighted by Crippen LogP contribution is 2.25. The second kappa shape index (κ2) is 6.65. The zero-order valence-corrected chi connectivity index (χ0v) is 12.0. The van der Waals surface area contributed by atoms with Crippen LogP contribution in [0.25, 0.3) is 0 Å². The van der Waals surface area contributed by atoms with Gasteiger partial charge in [-0.3, -0.25) is 14.5 Å². The fourth-order valence-electron chi connectivity index (χ4n) is 1.98. The number of unbranched alkanes of at least 4 members (excludes halogenated alkanes) is 1. The third-order valence-corrected chi connectivity index (χ3v) is 3.95. The highest BCUT2D eigenvalue weighted by Gasteiger charge is 2.24. The van der Waals surface area contributed by atoms with Crippen molar-refractivity contribution in [3.8, 4) is 0 Å². The normalized spacial score (nSPS) is 15.0. The van der Waals surface area contributed by atoms with E-state index in [2.05, 4.69) is 17.2 Å². The maximum atomic E-state index is 11.7. The van der Waals surface area contributed by atoms with Crippen LogP contribution in [0.4, 0.5) is 5.13 Å². The number of nitrogens with zero attached hydrogens (tertiary/aromatic N) is 2. The number of amides is 2. The van der Waals surface area contributed by atoms with Crippen molar-refractivity contribution in [2.75, 3.05) is 18.0 Å². The maximum Gasteiger partial charge on any atom is 0.228 e. The molecule has 1 saturated heterocycles. The van der Waals surface area contributed by atoms with Crippen molar-refractivity contribution < 1.29 is 9.59 Å². The average Bonchev–Trinajstić information content (AvgIpc) is 2.98. The van der Waals surface area contributed by atoms with E-state index in [1.807, 2.05) is 5.38 Å². The first-order valence-corrected chi connectivity index (χ1v) is 7.60. The highest BCUT2D eigenvalue weighted by atomic mass is 32.1. The Kier molecular flexibility index (Phi) is 4.90. The van der Waals surface area contributed by atoms with E-state index in [1.54, 1.807) is 4.90 Å². The fraction of sp³-hybridized carbons (Fsp3) is 0.615. The van der Waals surface area contributed by atoms with Crippen molar-refractivity contribution >= 4 is 28.3 Å². The van der Waals surface area contributed by atoms with Crippen LogP contribution >= 0.6 is 11.3 Å². The summed E-state index contributed by atoms with van der Waals surface area (Å²) < 4.78 is 0. The predicted molar refractivity (Wildman–Crippen MR) is 75.3 cm³/mol. The van der Waals surface area contributed by atoms with Gasteiger partial charge in [-0.1, -0.05) is 13.3 Å². The first-order chi connectivity index (χ1) is 9.20. The van der Waals surface area contributed by atoms with Gasteiger partial charge in [0.2, 0.25) is 11.8 Å². The maximum absolute atomic E-state index is 11.7. The number of rotatable bonds is 6. The van der Waals surface area contributed by atoms with E-state index in [1.165, 1.54) is 11.3 Å². The number of hydrogen-bond donors (Lipinski definition) is 1. The van der Waals surface area contributed by atoms with Crippen LogP contribution in [0.5, 0.6) is 0 Å². The third-order valence-electron chi connectivity index (χ3n) is 3.04. The standard InChI is InChI=1S/C13H19N3O2S/c1-2-3-6-14-11(17)8-10-9-19-13(15-10)16-7-4-5-12(16)18/h9H,2-8H2,1H3,(H,14,17). The minimum atomic E-state index is -0.00181. The van der Waals surface area contributed by atoms with Gasteiger partial charge in [-0.15, -0.1) is 11.3 Å². The third kappa shape index (κ3) is 3.76. The lowest BCUT2D eigenvalue weighted by molar-refractivity contribution is -0.120. The molecule has 0 radical (unpaired) electrons. The van der Waals surface area contributed by atoms with Crippen LogP contribution in [0, 0.1) is 0 Å². The van der Waals surface area contributed by atoms with Crippen LogP contribution < -0.4 is 10.2 Å². The van der Waals surface area contributed by atoms with Gasteiger partial charge in [-0.25, -0.2) is 4.98 Å². The fourth-order valence-corrected chi connectivity index (χ4v) is 2.85. The molecule has 6 heteroatoms. The van der Waals surface area contributed by atoms with Crippen molar-refractivity contribution in [3.63, 3.8) is 0 Å². The number of carbonyl (C=O) groups is 2. The van der Waals surface area contributed by atoms with E-state index >= 15 is 0 Å². The van der Waals surface area contributed by atoms with Crippen LogP contribution in [0.3, 0.4) is 0 Å². The quantitative estimate of drug-likeness (QED) is 0.808. The summed E-state index contributed by atoms with van der Waals surface area (Å²) >= 11 is 1.43. The number of thiazole rings is 1. The number of nitrogens with one attached hydrogen (secondary N) is 1. The molecule has 2 heterocycles. The minimum absolute atomic E-state index is 0.00181. The van der Waals surface area contributed by atoms with Crippen molar-refractivity contribution in [1.82, 2.24) is 10.3 Å². The summed E-state index contributed by atoms with van der Waals surface area (Å²) in [5.41, 5.74) is 0.744. The van der Waals surface area contributed by atoms with Crippen LogP contribution in [0.1, 0.15) is 38.3 Å². The second-order valence-electron chi connectivity index (χ2n) is 4.65. The molecule has 104 valence electrons. The lowest BCUT2D eigenvalue weighted by atomic mass is 10.3. The molecule has 5 nitrogen and oxygen atoms in total. The van der Waals surface area contributed by atoms with E-state index in [4.69, 9.17) is 0 Å². The molecule has 19 heavy (non-hydrogen) atoms. The predicted octanol–water partition coefficient (Wildman–Crippen LogP) is 1.73. The summed E-state index contributed by atoms with van der Waals surface area (Å²) in [7, 11) is 0. The first-order valence-electron chi connectivity index (χ1n) is 6.72. The topological polar surface area (TPSA) is 62.3 Å². The molecule has 0 spiro atoms. The first kappa shape index (κ1) is 14.0. The Hall–Kier alpha value is -1.43. The molecule has 0 unspecified atom stereocenters. The summed E-state index contributed by atoms with van der Waals surface area (Å²) in [6, 6.07) is 0. The van der Waals surface area contributed by atoms with E-state index in [0.717, 1.165) is 43.2 Å².